The van der Waals surface area contributed by atoms with Gasteiger partial charge >= 0.3 is 0 Å². The molecule has 2 aromatic rings. The molecule has 4 nitrogen and oxygen atoms in total. The van der Waals surface area contributed by atoms with Crippen LogP contribution in [0.15, 0.2) is 34.9 Å². The lowest BCUT2D eigenvalue weighted by Gasteiger charge is -2.10. The van der Waals surface area contributed by atoms with Crippen molar-refractivity contribution in [2.45, 2.75) is 45.1 Å². The van der Waals surface area contributed by atoms with Crippen molar-refractivity contribution < 1.29 is 9.32 Å². The molecule has 0 atom stereocenters. The van der Waals surface area contributed by atoms with Gasteiger partial charge in [-0.2, -0.15) is 0 Å². The normalized spacial score (nSPS) is 15.3. The summed E-state index contributed by atoms with van der Waals surface area (Å²) in [5.41, 5.74) is 2.87. The Kier molecular flexibility index (Phi) is 4.04. The van der Waals surface area contributed by atoms with E-state index in [1.54, 1.807) is 0 Å². The van der Waals surface area contributed by atoms with E-state index in [1.165, 1.54) is 18.4 Å². The molecule has 110 valence electrons. The Morgan fingerprint density at radius 2 is 2.00 bits per heavy atom. The predicted octanol–water partition coefficient (Wildman–Crippen LogP) is 3.25. The summed E-state index contributed by atoms with van der Waals surface area (Å²) in [6, 6.07) is 10.3. The number of amides is 1. The molecule has 3 rings (SSSR count). The van der Waals surface area contributed by atoms with E-state index in [0.29, 0.717) is 17.5 Å². The number of aryl methyl sites for hydroxylation is 1. The molecule has 1 N–H and O–H groups in total. The summed E-state index contributed by atoms with van der Waals surface area (Å²) in [6.07, 6.45) is 4.91. The zero-order chi connectivity index (χ0) is 14.7. The first-order valence-corrected chi connectivity index (χ1v) is 7.53. The molecule has 1 heterocycles. The number of carbonyl (C=O) groups excluding carboxylic acids is 1. The Morgan fingerprint density at radius 1 is 1.29 bits per heavy atom. The van der Waals surface area contributed by atoms with Gasteiger partial charge in [-0.05, 0) is 19.8 Å². The van der Waals surface area contributed by atoms with Crippen LogP contribution < -0.4 is 5.32 Å². The third-order valence-corrected chi connectivity index (χ3v) is 3.96. The average Bonchev–Trinajstić information content (AvgIpc) is 3.11. The van der Waals surface area contributed by atoms with Crippen molar-refractivity contribution in [3.05, 3.63) is 41.6 Å². The summed E-state index contributed by atoms with van der Waals surface area (Å²) in [6.45, 7) is 2.04. The lowest BCUT2D eigenvalue weighted by Crippen LogP contribution is -2.33. The van der Waals surface area contributed by atoms with Crippen LogP contribution in [0.4, 0.5) is 0 Å². The van der Waals surface area contributed by atoms with E-state index >= 15 is 0 Å². The molecule has 1 fully saturated rings. The molecule has 1 aromatic carbocycles. The lowest BCUT2D eigenvalue weighted by atomic mass is 10.1. The number of nitrogens with zero attached hydrogens (tertiary/aromatic N) is 1. The zero-order valence-corrected chi connectivity index (χ0v) is 12.3. The van der Waals surface area contributed by atoms with Crippen molar-refractivity contribution in [1.29, 1.82) is 0 Å². The minimum Gasteiger partial charge on any atom is -0.356 e. The molecular formula is C17H20N2O2. The smallest absolute Gasteiger partial charge is 0.226 e. The van der Waals surface area contributed by atoms with Crippen molar-refractivity contribution >= 4 is 5.91 Å². The molecule has 0 radical (unpaired) electrons. The molecule has 1 aromatic heterocycles. The topological polar surface area (TPSA) is 55.1 Å². The van der Waals surface area contributed by atoms with E-state index in [4.69, 9.17) is 4.52 Å². The molecule has 1 aliphatic carbocycles. The van der Waals surface area contributed by atoms with Crippen LogP contribution in [-0.4, -0.2) is 17.1 Å². The molecule has 4 heteroatoms. The third-order valence-electron chi connectivity index (χ3n) is 3.96. The minimum atomic E-state index is 0.0330. The highest BCUT2D eigenvalue weighted by molar-refractivity contribution is 5.78. The number of hydrogen-bond acceptors (Lipinski definition) is 3. The second-order valence-electron chi connectivity index (χ2n) is 5.77. The monoisotopic (exact) mass is 284 g/mol. The Labute approximate surface area is 124 Å². The fourth-order valence-corrected chi connectivity index (χ4v) is 2.76. The average molecular weight is 284 g/mol. The summed E-state index contributed by atoms with van der Waals surface area (Å²) in [5, 5.41) is 7.06. The zero-order valence-electron chi connectivity index (χ0n) is 12.3. The van der Waals surface area contributed by atoms with Gasteiger partial charge in [0, 0.05) is 17.7 Å². The molecule has 0 spiro atoms. The van der Waals surface area contributed by atoms with E-state index in [1.807, 2.05) is 37.3 Å². The van der Waals surface area contributed by atoms with Gasteiger partial charge in [-0.25, -0.2) is 0 Å². The van der Waals surface area contributed by atoms with E-state index < -0.39 is 0 Å². The Balaban J connectivity index is 1.61. The molecule has 21 heavy (non-hydrogen) atoms. The van der Waals surface area contributed by atoms with Crippen LogP contribution in [-0.2, 0) is 11.2 Å². The minimum absolute atomic E-state index is 0.0330. The first-order valence-electron chi connectivity index (χ1n) is 7.53. The highest BCUT2D eigenvalue weighted by Gasteiger charge is 2.18. The highest BCUT2D eigenvalue weighted by atomic mass is 16.5. The van der Waals surface area contributed by atoms with Gasteiger partial charge in [0.25, 0.3) is 0 Å². The fraction of sp³-hybridized carbons (Fsp3) is 0.412. The van der Waals surface area contributed by atoms with E-state index in [-0.39, 0.29) is 12.3 Å². The van der Waals surface area contributed by atoms with Gasteiger partial charge in [0.15, 0.2) is 5.76 Å². The number of nitrogens with one attached hydrogen (secondary N) is 1. The largest absolute Gasteiger partial charge is 0.356 e. The Bertz CT molecular complexity index is 610. The van der Waals surface area contributed by atoms with E-state index in [9.17, 15) is 4.79 Å². The van der Waals surface area contributed by atoms with Crippen LogP contribution in [0.25, 0.3) is 11.3 Å². The van der Waals surface area contributed by atoms with Crippen LogP contribution in [0, 0.1) is 6.92 Å². The van der Waals surface area contributed by atoms with Crippen molar-refractivity contribution in [1.82, 2.24) is 10.5 Å². The number of benzene rings is 1. The van der Waals surface area contributed by atoms with Crippen LogP contribution in [0.1, 0.15) is 36.9 Å². The highest BCUT2D eigenvalue weighted by Crippen LogP contribution is 2.21. The molecule has 1 aliphatic rings. The third kappa shape index (κ3) is 3.51. The summed E-state index contributed by atoms with van der Waals surface area (Å²) in [7, 11) is 0. The van der Waals surface area contributed by atoms with Crippen molar-refractivity contribution in [2.24, 2.45) is 0 Å². The van der Waals surface area contributed by atoms with Gasteiger partial charge in [-0.1, -0.05) is 47.8 Å². The molecule has 0 saturated heterocycles. The van der Waals surface area contributed by atoms with Crippen LogP contribution in [0.5, 0.6) is 0 Å². The van der Waals surface area contributed by atoms with E-state index in [0.717, 1.165) is 18.4 Å². The van der Waals surface area contributed by atoms with Gasteiger partial charge < -0.3 is 9.84 Å². The number of rotatable bonds is 4. The van der Waals surface area contributed by atoms with Gasteiger partial charge in [0.2, 0.25) is 5.91 Å². The summed E-state index contributed by atoms with van der Waals surface area (Å²) >= 11 is 0. The molecular weight excluding hydrogens is 264 g/mol. The molecule has 0 aliphatic heterocycles. The summed E-state index contributed by atoms with van der Waals surface area (Å²) in [4.78, 5) is 12.0. The van der Waals surface area contributed by atoms with Gasteiger partial charge in [0.05, 0.1) is 12.1 Å². The summed E-state index contributed by atoms with van der Waals surface area (Å²) < 4.78 is 5.33. The molecule has 1 amide bonds. The maximum atomic E-state index is 12.0. The quantitative estimate of drug-likeness (QED) is 0.937. The van der Waals surface area contributed by atoms with Crippen molar-refractivity contribution in [3.63, 3.8) is 0 Å². The van der Waals surface area contributed by atoms with Gasteiger partial charge in [0.1, 0.15) is 0 Å². The van der Waals surface area contributed by atoms with E-state index in [2.05, 4.69) is 10.5 Å². The van der Waals surface area contributed by atoms with Crippen molar-refractivity contribution in [3.8, 4) is 11.3 Å². The number of carbonyl (C=O) groups is 1. The van der Waals surface area contributed by atoms with Crippen LogP contribution in [0.2, 0.25) is 0 Å². The first-order chi connectivity index (χ1) is 10.2. The molecule has 0 bridgehead atoms. The van der Waals surface area contributed by atoms with Gasteiger partial charge in [-0.3, -0.25) is 4.79 Å². The number of aromatic nitrogens is 1. The maximum absolute atomic E-state index is 12.0. The second kappa shape index (κ2) is 6.12. The SMILES string of the molecule is Cc1ccc(-c2cc(CC(=O)NC3CCCC3)no2)cc1. The number of hydrogen-bond donors (Lipinski definition) is 1. The van der Waals surface area contributed by atoms with Crippen LogP contribution >= 0.6 is 0 Å². The van der Waals surface area contributed by atoms with Crippen LogP contribution in [0.3, 0.4) is 0 Å². The standard InChI is InChI=1S/C17H20N2O2/c1-12-6-8-13(9-7-12)16-10-15(19-21-16)11-17(20)18-14-4-2-3-5-14/h6-10,14H,2-5,11H2,1H3,(H,18,20). The predicted molar refractivity (Wildman–Crippen MR) is 80.8 cm³/mol. The molecule has 0 unspecified atom stereocenters. The first kappa shape index (κ1) is 13.9. The molecule has 1 saturated carbocycles. The lowest BCUT2D eigenvalue weighted by molar-refractivity contribution is -0.121. The Hall–Kier alpha value is -2.10. The summed E-state index contributed by atoms with van der Waals surface area (Å²) in [5.74, 6) is 0.740. The maximum Gasteiger partial charge on any atom is 0.226 e. The fourth-order valence-electron chi connectivity index (χ4n) is 2.76. The Morgan fingerprint density at radius 3 is 2.71 bits per heavy atom. The van der Waals surface area contributed by atoms with Gasteiger partial charge in [-0.15, -0.1) is 0 Å². The van der Waals surface area contributed by atoms with Crippen molar-refractivity contribution in [2.75, 3.05) is 0 Å². The second-order valence-corrected chi connectivity index (χ2v) is 5.77.